The number of carbonyl (C=O) groups is 1. The van der Waals surface area contributed by atoms with E-state index in [2.05, 4.69) is 34.6 Å². The van der Waals surface area contributed by atoms with E-state index in [0.29, 0.717) is 0 Å². The van der Waals surface area contributed by atoms with E-state index in [0.717, 1.165) is 32.6 Å². The van der Waals surface area contributed by atoms with Crippen molar-refractivity contribution in [3.63, 3.8) is 0 Å². The van der Waals surface area contributed by atoms with E-state index >= 15 is 0 Å². The molecular weight excluding hydrogens is 246 g/mol. The molecule has 18 heavy (non-hydrogen) atoms. The molecule has 1 saturated heterocycles. The Hall–Kier alpha value is -0.910. The third kappa shape index (κ3) is 3.10. The molecule has 2 heterocycles. The minimum absolute atomic E-state index is 0.0454. The standard InChI is InChI=1S/C13H21N3OS/c1-3-10-4-5-11(18-10)9-16-7-6-15-8-12(16)13(17)14-2/h4-5,12,15H,3,6-9H2,1-2H3,(H,14,17). The van der Waals surface area contributed by atoms with Gasteiger partial charge in [-0.3, -0.25) is 9.69 Å². The molecule has 0 spiro atoms. The Balaban J connectivity index is 2.02. The summed E-state index contributed by atoms with van der Waals surface area (Å²) in [6.07, 6.45) is 1.09. The molecule has 1 aliphatic heterocycles. The summed E-state index contributed by atoms with van der Waals surface area (Å²) in [5.41, 5.74) is 0. The van der Waals surface area contributed by atoms with Crippen LogP contribution in [0.5, 0.6) is 0 Å². The highest BCUT2D eigenvalue weighted by Crippen LogP contribution is 2.20. The van der Waals surface area contributed by atoms with Crippen LogP contribution in [0.15, 0.2) is 12.1 Å². The van der Waals surface area contributed by atoms with Gasteiger partial charge in [-0.25, -0.2) is 0 Å². The Morgan fingerprint density at radius 2 is 2.33 bits per heavy atom. The number of rotatable bonds is 4. The van der Waals surface area contributed by atoms with Gasteiger partial charge in [0.15, 0.2) is 0 Å². The maximum Gasteiger partial charge on any atom is 0.238 e. The molecule has 0 bridgehead atoms. The van der Waals surface area contributed by atoms with E-state index in [4.69, 9.17) is 0 Å². The second kappa shape index (κ2) is 6.31. The van der Waals surface area contributed by atoms with E-state index in [1.54, 1.807) is 7.05 Å². The highest BCUT2D eigenvalue weighted by molar-refractivity contribution is 7.11. The largest absolute Gasteiger partial charge is 0.358 e. The number of aryl methyl sites for hydroxylation is 1. The molecule has 2 N–H and O–H groups in total. The zero-order valence-corrected chi connectivity index (χ0v) is 11.8. The second-order valence-corrected chi connectivity index (χ2v) is 5.78. The maximum absolute atomic E-state index is 11.8. The second-order valence-electron chi connectivity index (χ2n) is 4.53. The molecule has 4 nitrogen and oxygen atoms in total. The van der Waals surface area contributed by atoms with Crippen molar-refractivity contribution in [3.05, 3.63) is 21.9 Å². The smallest absolute Gasteiger partial charge is 0.238 e. The first-order chi connectivity index (χ1) is 8.74. The van der Waals surface area contributed by atoms with Crippen LogP contribution in [-0.2, 0) is 17.8 Å². The van der Waals surface area contributed by atoms with Gasteiger partial charge in [0.25, 0.3) is 0 Å². The van der Waals surface area contributed by atoms with Crippen molar-refractivity contribution < 1.29 is 4.79 Å². The van der Waals surface area contributed by atoms with Crippen molar-refractivity contribution in [1.82, 2.24) is 15.5 Å². The number of nitrogens with one attached hydrogen (secondary N) is 2. The van der Waals surface area contributed by atoms with Crippen LogP contribution in [-0.4, -0.2) is 43.5 Å². The number of hydrogen-bond donors (Lipinski definition) is 2. The molecule has 1 amide bonds. The summed E-state index contributed by atoms with van der Waals surface area (Å²) in [5, 5.41) is 6.03. The molecule has 1 unspecified atom stereocenters. The number of hydrogen-bond acceptors (Lipinski definition) is 4. The van der Waals surface area contributed by atoms with Crippen molar-refractivity contribution in [3.8, 4) is 0 Å². The number of piperazine rings is 1. The summed E-state index contributed by atoms with van der Waals surface area (Å²) in [7, 11) is 1.70. The summed E-state index contributed by atoms with van der Waals surface area (Å²) >= 11 is 1.85. The average molecular weight is 267 g/mol. The first-order valence-corrected chi connectivity index (χ1v) is 7.30. The monoisotopic (exact) mass is 267 g/mol. The van der Waals surface area contributed by atoms with Crippen molar-refractivity contribution in [2.45, 2.75) is 25.9 Å². The Labute approximate surface area is 112 Å². The van der Waals surface area contributed by atoms with Gasteiger partial charge in [0, 0.05) is 43.0 Å². The fourth-order valence-electron chi connectivity index (χ4n) is 2.26. The molecular formula is C13H21N3OS. The summed E-state index contributed by atoms with van der Waals surface area (Å²) in [4.78, 5) is 16.9. The minimum Gasteiger partial charge on any atom is -0.358 e. The van der Waals surface area contributed by atoms with Crippen LogP contribution < -0.4 is 10.6 Å². The lowest BCUT2D eigenvalue weighted by molar-refractivity contribution is -0.126. The molecule has 0 aromatic carbocycles. The maximum atomic E-state index is 11.8. The van der Waals surface area contributed by atoms with Crippen molar-refractivity contribution in [1.29, 1.82) is 0 Å². The summed E-state index contributed by atoms with van der Waals surface area (Å²) in [6.45, 7) is 5.68. The van der Waals surface area contributed by atoms with Crippen LogP contribution in [0.2, 0.25) is 0 Å². The minimum atomic E-state index is -0.0454. The Morgan fingerprint density at radius 1 is 1.56 bits per heavy atom. The molecule has 5 heteroatoms. The molecule has 1 fully saturated rings. The number of amides is 1. The first kappa shape index (κ1) is 13.5. The van der Waals surface area contributed by atoms with Crippen molar-refractivity contribution in [2.24, 2.45) is 0 Å². The first-order valence-electron chi connectivity index (χ1n) is 6.48. The molecule has 1 aromatic heterocycles. The number of nitrogens with zero attached hydrogens (tertiary/aromatic N) is 1. The Kier molecular flexibility index (Phi) is 4.74. The third-order valence-electron chi connectivity index (χ3n) is 3.33. The molecule has 2 rings (SSSR count). The highest BCUT2D eigenvalue weighted by Gasteiger charge is 2.27. The molecule has 100 valence electrons. The quantitative estimate of drug-likeness (QED) is 0.849. The normalized spacial score (nSPS) is 20.9. The van der Waals surface area contributed by atoms with Crippen molar-refractivity contribution >= 4 is 17.2 Å². The lowest BCUT2D eigenvalue weighted by Gasteiger charge is -2.34. The topological polar surface area (TPSA) is 44.4 Å². The molecule has 1 aliphatic rings. The van der Waals surface area contributed by atoms with Gasteiger partial charge in [0.2, 0.25) is 5.91 Å². The molecule has 0 radical (unpaired) electrons. The SMILES string of the molecule is CCc1ccc(CN2CCNCC2C(=O)NC)s1. The summed E-state index contributed by atoms with van der Waals surface area (Å²) in [6, 6.07) is 4.33. The Bertz CT molecular complexity index is 405. The molecule has 1 aromatic rings. The molecule has 1 atom stereocenters. The zero-order valence-electron chi connectivity index (χ0n) is 11.0. The fraction of sp³-hybridized carbons (Fsp3) is 0.615. The van der Waals surface area contributed by atoms with Crippen LogP contribution in [0.3, 0.4) is 0 Å². The predicted molar refractivity (Wildman–Crippen MR) is 74.8 cm³/mol. The predicted octanol–water partition coefficient (Wildman–Crippen LogP) is 0.830. The van der Waals surface area contributed by atoms with Gasteiger partial charge in [0.1, 0.15) is 6.04 Å². The average Bonchev–Trinajstić information content (AvgIpc) is 2.86. The van der Waals surface area contributed by atoms with Crippen LogP contribution in [0.25, 0.3) is 0 Å². The number of carbonyl (C=O) groups excluding carboxylic acids is 1. The van der Waals surface area contributed by atoms with Gasteiger partial charge in [0.05, 0.1) is 0 Å². The van der Waals surface area contributed by atoms with Crippen LogP contribution in [0, 0.1) is 0 Å². The van der Waals surface area contributed by atoms with E-state index in [1.165, 1.54) is 9.75 Å². The van der Waals surface area contributed by atoms with Crippen molar-refractivity contribution in [2.75, 3.05) is 26.7 Å². The van der Waals surface area contributed by atoms with Gasteiger partial charge < -0.3 is 10.6 Å². The summed E-state index contributed by atoms with van der Waals surface area (Å²) < 4.78 is 0. The number of likely N-dealkylation sites (N-methyl/N-ethyl adjacent to an activating group) is 1. The Morgan fingerprint density at radius 3 is 3.00 bits per heavy atom. The number of thiophene rings is 1. The van der Waals surface area contributed by atoms with Crippen LogP contribution in [0.4, 0.5) is 0 Å². The van der Waals surface area contributed by atoms with Crippen LogP contribution in [0.1, 0.15) is 16.7 Å². The summed E-state index contributed by atoms with van der Waals surface area (Å²) in [5.74, 6) is 0.106. The van der Waals surface area contributed by atoms with Gasteiger partial charge in [-0.15, -0.1) is 11.3 Å². The highest BCUT2D eigenvalue weighted by atomic mass is 32.1. The van der Waals surface area contributed by atoms with Crippen LogP contribution >= 0.6 is 11.3 Å². The van der Waals surface area contributed by atoms with E-state index in [1.807, 2.05) is 11.3 Å². The lowest BCUT2D eigenvalue weighted by Crippen LogP contribution is -2.56. The van der Waals surface area contributed by atoms with Gasteiger partial charge in [-0.05, 0) is 18.6 Å². The third-order valence-corrected chi connectivity index (χ3v) is 4.54. The van der Waals surface area contributed by atoms with Gasteiger partial charge in [-0.2, -0.15) is 0 Å². The zero-order chi connectivity index (χ0) is 13.0. The van der Waals surface area contributed by atoms with E-state index in [-0.39, 0.29) is 11.9 Å². The van der Waals surface area contributed by atoms with Gasteiger partial charge in [-0.1, -0.05) is 6.92 Å². The van der Waals surface area contributed by atoms with Gasteiger partial charge >= 0.3 is 0 Å². The molecule has 0 aliphatic carbocycles. The van der Waals surface area contributed by atoms with E-state index in [9.17, 15) is 4.79 Å². The fourth-order valence-corrected chi connectivity index (χ4v) is 3.24. The lowest BCUT2D eigenvalue weighted by atomic mass is 10.1. The molecule has 0 saturated carbocycles. The van der Waals surface area contributed by atoms with E-state index < -0.39 is 0 Å².